The number of quaternary nitrogens is 1. The molecule has 0 fully saturated rings. The lowest BCUT2D eigenvalue weighted by atomic mass is 10.0. The van der Waals surface area contributed by atoms with Crippen LogP contribution in [-0.2, 0) is 13.0 Å². The Balaban J connectivity index is 2.38. The molecule has 0 amide bonds. The van der Waals surface area contributed by atoms with Gasteiger partial charge < -0.3 is 9.88 Å². The molecule has 0 unspecified atom stereocenters. The molecule has 0 bridgehead atoms. The molecule has 132 valence electrons. The zero-order chi connectivity index (χ0) is 17.5. The number of fused-ring (bicyclic) bond motifs is 1. The summed E-state index contributed by atoms with van der Waals surface area (Å²) in [6.07, 6.45) is 5.81. The zero-order valence-corrected chi connectivity index (χ0v) is 15.8. The summed E-state index contributed by atoms with van der Waals surface area (Å²) in [6, 6.07) is 6.08. The molecule has 0 aliphatic rings. The third-order valence-electron chi connectivity index (χ3n) is 5.01. The molecule has 0 radical (unpaired) electrons. The largest absolute Gasteiger partial charge is 0.358 e. The van der Waals surface area contributed by atoms with E-state index in [1.807, 2.05) is 12.1 Å². The third kappa shape index (κ3) is 4.27. The Kier molecular flexibility index (Phi) is 7.04. The third-order valence-corrected chi connectivity index (χ3v) is 5.01. The first-order valence-electron chi connectivity index (χ1n) is 9.59. The van der Waals surface area contributed by atoms with Crippen molar-refractivity contribution in [3.63, 3.8) is 0 Å². The van der Waals surface area contributed by atoms with E-state index in [0.717, 1.165) is 48.2 Å². The summed E-state index contributed by atoms with van der Waals surface area (Å²) < 4.78 is 0. The summed E-state index contributed by atoms with van der Waals surface area (Å²) in [4.78, 5) is 18.1. The molecule has 1 heterocycles. The number of hydrogen-bond donors (Lipinski definition) is 2. The van der Waals surface area contributed by atoms with Crippen LogP contribution in [-0.4, -0.2) is 18.1 Å². The number of benzene rings is 1. The molecule has 2 rings (SSSR count). The fourth-order valence-electron chi connectivity index (χ4n) is 3.45. The van der Waals surface area contributed by atoms with Crippen LogP contribution in [0.3, 0.4) is 0 Å². The fourth-order valence-corrected chi connectivity index (χ4v) is 3.45. The molecule has 0 saturated heterocycles. The van der Waals surface area contributed by atoms with E-state index in [1.165, 1.54) is 31.2 Å². The van der Waals surface area contributed by atoms with E-state index < -0.39 is 0 Å². The van der Waals surface area contributed by atoms with Crippen LogP contribution in [0.2, 0.25) is 0 Å². The molecular weight excluding hydrogens is 296 g/mol. The van der Waals surface area contributed by atoms with E-state index in [4.69, 9.17) is 0 Å². The number of aromatic amines is 1. The fraction of sp³-hybridized carbons (Fsp3) is 0.571. The Labute approximate surface area is 146 Å². The van der Waals surface area contributed by atoms with Gasteiger partial charge in [-0.25, -0.2) is 0 Å². The van der Waals surface area contributed by atoms with Crippen molar-refractivity contribution in [2.75, 3.05) is 13.1 Å². The van der Waals surface area contributed by atoms with Crippen LogP contribution < -0.4 is 10.3 Å². The maximum atomic E-state index is 13.1. The molecule has 0 aliphatic carbocycles. The Hall–Kier alpha value is -1.61. The minimum atomic E-state index is 0.224. The van der Waals surface area contributed by atoms with Crippen molar-refractivity contribution in [2.24, 2.45) is 0 Å². The molecule has 0 spiro atoms. The molecule has 3 nitrogen and oxygen atoms in total. The van der Waals surface area contributed by atoms with Crippen LogP contribution in [0.25, 0.3) is 10.9 Å². The first-order chi connectivity index (χ1) is 11.6. The van der Waals surface area contributed by atoms with E-state index in [2.05, 4.69) is 38.7 Å². The monoisotopic (exact) mass is 329 g/mol. The molecule has 3 heteroatoms. The number of H-pyrrole nitrogens is 1. The molecule has 0 saturated carbocycles. The number of nitrogens with one attached hydrogen (secondary N) is 2. The zero-order valence-electron chi connectivity index (χ0n) is 15.8. The molecule has 2 N–H and O–H groups in total. The van der Waals surface area contributed by atoms with Crippen LogP contribution in [0.4, 0.5) is 0 Å². The van der Waals surface area contributed by atoms with Crippen LogP contribution in [0.1, 0.15) is 63.3 Å². The Morgan fingerprint density at radius 2 is 1.71 bits per heavy atom. The van der Waals surface area contributed by atoms with E-state index in [1.54, 1.807) is 4.90 Å². The molecule has 0 atom stereocenters. The topological polar surface area (TPSA) is 37.3 Å². The van der Waals surface area contributed by atoms with Gasteiger partial charge in [-0.15, -0.1) is 0 Å². The van der Waals surface area contributed by atoms with Crippen LogP contribution >= 0.6 is 0 Å². The van der Waals surface area contributed by atoms with Crippen molar-refractivity contribution in [3.8, 4) is 0 Å². The van der Waals surface area contributed by atoms with Crippen LogP contribution in [0, 0.1) is 6.92 Å². The highest BCUT2D eigenvalue weighted by molar-refractivity contribution is 5.82. The average molecular weight is 330 g/mol. The van der Waals surface area contributed by atoms with Gasteiger partial charge in [-0.3, -0.25) is 4.79 Å². The highest BCUT2D eigenvalue weighted by Crippen LogP contribution is 2.16. The van der Waals surface area contributed by atoms with E-state index in [0.29, 0.717) is 0 Å². The van der Waals surface area contributed by atoms with Crippen molar-refractivity contribution in [3.05, 3.63) is 45.2 Å². The summed E-state index contributed by atoms with van der Waals surface area (Å²) in [7, 11) is 0. The molecule has 1 aromatic heterocycles. The van der Waals surface area contributed by atoms with Gasteiger partial charge in [0.05, 0.1) is 24.2 Å². The number of unbranched alkanes of at least 4 members (excludes halogenated alkanes) is 2. The normalized spacial score (nSPS) is 11.5. The Morgan fingerprint density at radius 1 is 1.04 bits per heavy atom. The molecule has 1 aromatic carbocycles. The number of pyridine rings is 1. The number of aromatic nitrogens is 1. The summed E-state index contributed by atoms with van der Waals surface area (Å²) in [5.74, 6) is 0. The first-order valence-corrected chi connectivity index (χ1v) is 9.59. The molecular formula is C21H33N2O+. The van der Waals surface area contributed by atoms with Crippen molar-refractivity contribution < 1.29 is 4.90 Å². The predicted molar refractivity (Wildman–Crippen MR) is 103 cm³/mol. The van der Waals surface area contributed by atoms with Gasteiger partial charge in [-0.05, 0) is 37.8 Å². The second-order valence-corrected chi connectivity index (χ2v) is 6.88. The highest BCUT2D eigenvalue weighted by atomic mass is 16.1. The number of aryl methyl sites for hydroxylation is 2. The second kappa shape index (κ2) is 9.03. The number of rotatable bonds is 9. The van der Waals surface area contributed by atoms with Gasteiger partial charge >= 0.3 is 0 Å². The standard InChI is InChI=1S/C21H32N2O/c1-5-8-13-23(14-9-6-2)15-19-16(4)22-20-17(7-3)11-10-12-18(20)21(19)24/h10-12H,5-9,13-15H2,1-4H3,(H,22,24)/p+1. The van der Waals surface area contributed by atoms with Gasteiger partial charge in [0.15, 0.2) is 5.43 Å². The van der Waals surface area contributed by atoms with Crippen molar-refractivity contribution >= 4 is 10.9 Å². The second-order valence-electron chi connectivity index (χ2n) is 6.88. The van der Waals surface area contributed by atoms with Crippen molar-refractivity contribution in [2.45, 2.75) is 66.3 Å². The summed E-state index contributed by atoms with van der Waals surface area (Å²) in [5.41, 5.74) is 4.48. The lowest BCUT2D eigenvalue weighted by Crippen LogP contribution is -3.10. The van der Waals surface area contributed by atoms with Gasteiger partial charge in [0.1, 0.15) is 6.54 Å². The average Bonchev–Trinajstić information content (AvgIpc) is 2.59. The molecule has 24 heavy (non-hydrogen) atoms. The maximum Gasteiger partial charge on any atom is 0.198 e. The van der Waals surface area contributed by atoms with Gasteiger partial charge in [-0.2, -0.15) is 0 Å². The summed E-state index contributed by atoms with van der Waals surface area (Å²) in [5, 5.41) is 0.847. The number of hydrogen-bond acceptors (Lipinski definition) is 1. The highest BCUT2D eigenvalue weighted by Gasteiger charge is 2.16. The maximum absolute atomic E-state index is 13.1. The number of para-hydroxylation sites is 1. The SMILES string of the molecule is CCCC[NH+](CCCC)Cc1c(C)[nH]c2c(CC)cccc2c1=O. The van der Waals surface area contributed by atoms with Crippen molar-refractivity contribution in [1.82, 2.24) is 4.98 Å². The smallest absolute Gasteiger partial charge is 0.198 e. The van der Waals surface area contributed by atoms with Gasteiger partial charge in [0, 0.05) is 11.1 Å². The predicted octanol–water partition coefficient (Wildman–Crippen LogP) is 3.38. The van der Waals surface area contributed by atoms with Gasteiger partial charge in [-0.1, -0.05) is 45.7 Å². The van der Waals surface area contributed by atoms with Crippen LogP contribution in [0.5, 0.6) is 0 Å². The molecule has 2 aromatic rings. The first kappa shape index (κ1) is 18.7. The minimum absolute atomic E-state index is 0.224. The lowest BCUT2D eigenvalue weighted by Gasteiger charge is -2.20. The van der Waals surface area contributed by atoms with Gasteiger partial charge in [0.25, 0.3) is 0 Å². The van der Waals surface area contributed by atoms with E-state index in [-0.39, 0.29) is 5.43 Å². The summed E-state index contributed by atoms with van der Waals surface area (Å²) in [6.45, 7) is 11.8. The quantitative estimate of drug-likeness (QED) is 0.727. The lowest BCUT2D eigenvalue weighted by molar-refractivity contribution is -0.914. The van der Waals surface area contributed by atoms with Crippen LogP contribution in [0.15, 0.2) is 23.0 Å². The summed E-state index contributed by atoms with van der Waals surface area (Å²) >= 11 is 0. The van der Waals surface area contributed by atoms with Crippen molar-refractivity contribution in [1.29, 1.82) is 0 Å². The van der Waals surface area contributed by atoms with Gasteiger partial charge in [0.2, 0.25) is 0 Å². The Bertz CT molecular complexity index is 710. The molecule has 0 aliphatic heterocycles. The van der Waals surface area contributed by atoms with E-state index in [9.17, 15) is 4.79 Å². The minimum Gasteiger partial charge on any atom is -0.358 e. The Morgan fingerprint density at radius 3 is 2.29 bits per heavy atom. The van der Waals surface area contributed by atoms with E-state index >= 15 is 0 Å².